The quantitative estimate of drug-likeness (QED) is 0.388. The van der Waals surface area contributed by atoms with Crippen molar-refractivity contribution in [3.8, 4) is 5.75 Å². The summed E-state index contributed by atoms with van der Waals surface area (Å²) in [4.78, 5) is 13.6. The Balaban J connectivity index is 2.28. The molecule has 5 nitrogen and oxygen atoms in total. The Morgan fingerprint density at radius 2 is 1.61 bits per heavy atom. The van der Waals surface area contributed by atoms with E-state index < -0.39 is 0 Å². The molecule has 2 amide bonds. The number of amides is 2. The van der Waals surface area contributed by atoms with Crippen molar-refractivity contribution in [1.82, 2.24) is 5.32 Å². The fourth-order valence-electron chi connectivity index (χ4n) is 3.24. The first-order chi connectivity index (χ1) is 14.5. The van der Waals surface area contributed by atoms with Crippen LogP contribution in [0.3, 0.4) is 0 Å². The normalized spacial score (nSPS) is 11.9. The maximum atomic E-state index is 12.5. The molecule has 0 saturated heterocycles. The SMILES string of the molecule is COCOc1c(C(C)(C)C)cc(CNC(=O)Nc2cccc(SC)c2)cc1C(C)(C)C. The number of hydrogen-bond acceptors (Lipinski definition) is 4. The van der Waals surface area contributed by atoms with Gasteiger partial charge in [0.1, 0.15) is 5.75 Å². The average molecular weight is 445 g/mol. The molecule has 0 aliphatic carbocycles. The van der Waals surface area contributed by atoms with E-state index in [1.165, 1.54) is 0 Å². The minimum atomic E-state index is -0.229. The molecule has 0 aromatic heterocycles. The monoisotopic (exact) mass is 444 g/mol. The van der Waals surface area contributed by atoms with Crippen LogP contribution in [0.25, 0.3) is 0 Å². The Hall–Kier alpha value is -2.18. The highest BCUT2D eigenvalue weighted by Gasteiger charge is 2.28. The first-order valence-electron chi connectivity index (χ1n) is 10.4. The summed E-state index contributed by atoms with van der Waals surface area (Å²) in [5, 5.41) is 5.89. The molecule has 2 aromatic carbocycles. The molecule has 2 aromatic rings. The van der Waals surface area contributed by atoms with Gasteiger partial charge in [0, 0.05) is 35.4 Å². The van der Waals surface area contributed by atoms with E-state index in [1.54, 1.807) is 18.9 Å². The van der Waals surface area contributed by atoms with E-state index in [0.29, 0.717) is 6.54 Å². The summed E-state index contributed by atoms with van der Waals surface area (Å²) >= 11 is 1.64. The fraction of sp³-hybridized carbons (Fsp3) is 0.480. The van der Waals surface area contributed by atoms with Crippen molar-refractivity contribution in [3.05, 3.63) is 53.1 Å². The van der Waals surface area contributed by atoms with E-state index in [0.717, 1.165) is 33.0 Å². The van der Waals surface area contributed by atoms with Crippen molar-refractivity contribution in [2.45, 2.75) is 63.8 Å². The van der Waals surface area contributed by atoms with Crippen LogP contribution in [0.2, 0.25) is 0 Å². The van der Waals surface area contributed by atoms with Crippen molar-refractivity contribution < 1.29 is 14.3 Å². The number of hydrogen-bond donors (Lipinski definition) is 2. The number of methoxy groups -OCH3 is 1. The summed E-state index contributed by atoms with van der Waals surface area (Å²) in [6, 6.07) is 11.8. The van der Waals surface area contributed by atoms with Gasteiger partial charge in [-0.3, -0.25) is 0 Å². The first-order valence-corrected chi connectivity index (χ1v) is 11.7. The van der Waals surface area contributed by atoms with Gasteiger partial charge >= 0.3 is 6.03 Å². The number of urea groups is 1. The fourth-order valence-corrected chi connectivity index (χ4v) is 3.70. The van der Waals surface area contributed by atoms with Gasteiger partial charge in [0.25, 0.3) is 0 Å². The predicted octanol–water partition coefficient (Wildman–Crippen LogP) is 6.31. The third-order valence-electron chi connectivity index (χ3n) is 4.87. The van der Waals surface area contributed by atoms with Crippen molar-refractivity contribution in [2.24, 2.45) is 0 Å². The van der Waals surface area contributed by atoms with Crippen LogP contribution in [0.5, 0.6) is 5.75 Å². The van der Waals surface area contributed by atoms with Crippen LogP contribution >= 0.6 is 11.8 Å². The van der Waals surface area contributed by atoms with Crippen LogP contribution in [0, 0.1) is 0 Å². The summed E-state index contributed by atoms with van der Waals surface area (Å²) < 4.78 is 11.2. The van der Waals surface area contributed by atoms with Crippen LogP contribution in [0.1, 0.15) is 58.2 Å². The van der Waals surface area contributed by atoms with Crippen molar-refractivity contribution in [1.29, 1.82) is 0 Å². The third kappa shape index (κ3) is 7.18. The first kappa shape index (κ1) is 25.1. The van der Waals surface area contributed by atoms with Gasteiger partial charge in [0.2, 0.25) is 0 Å². The smallest absolute Gasteiger partial charge is 0.319 e. The summed E-state index contributed by atoms with van der Waals surface area (Å²) in [5.41, 5.74) is 3.76. The molecule has 0 atom stereocenters. The van der Waals surface area contributed by atoms with Crippen molar-refractivity contribution in [3.63, 3.8) is 0 Å². The highest BCUT2D eigenvalue weighted by atomic mass is 32.2. The zero-order valence-electron chi connectivity index (χ0n) is 20.0. The van der Waals surface area contributed by atoms with Crippen LogP contribution < -0.4 is 15.4 Å². The molecule has 0 fully saturated rings. The van der Waals surface area contributed by atoms with Gasteiger partial charge in [-0.2, -0.15) is 0 Å². The number of rotatable bonds is 7. The predicted molar refractivity (Wildman–Crippen MR) is 130 cm³/mol. The highest BCUT2D eigenvalue weighted by molar-refractivity contribution is 7.98. The van der Waals surface area contributed by atoms with Gasteiger partial charge in [-0.05, 0) is 53.0 Å². The molecule has 170 valence electrons. The molecule has 0 aliphatic rings. The lowest BCUT2D eigenvalue weighted by Gasteiger charge is -2.30. The van der Waals surface area contributed by atoms with E-state index in [1.807, 2.05) is 30.5 Å². The van der Waals surface area contributed by atoms with E-state index in [4.69, 9.17) is 9.47 Å². The zero-order chi connectivity index (χ0) is 23.2. The summed E-state index contributed by atoms with van der Waals surface area (Å²) in [5.74, 6) is 0.865. The zero-order valence-corrected chi connectivity index (χ0v) is 20.8. The Labute approximate surface area is 191 Å². The van der Waals surface area contributed by atoms with Crippen LogP contribution in [-0.2, 0) is 22.1 Å². The number of anilines is 1. The molecular formula is C25H36N2O3S. The molecule has 0 bridgehead atoms. The third-order valence-corrected chi connectivity index (χ3v) is 5.59. The number of carbonyl (C=O) groups is 1. The Morgan fingerprint density at radius 3 is 2.13 bits per heavy atom. The molecule has 0 heterocycles. The number of ether oxygens (including phenoxy) is 2. The number of carbonyl (C=O) groups excluding carboxylic acids is 1. The standard InChI is InChI=1S/C25H36N2O3S/c1-24(2,3)20-12-17(13-21(25(4,5)6)22(20)30-16-29-7)15-26-23(28)27-18-10-9-11-19(14-18)31-8/h9-14H,15-16H2,1-8H3,(H2,26,27,28). The molecule has 6 heteroatoms. The molecule has 0 aliphatic heterocycles. The summed E-state index contributed by atoms with van der Waals surface area (Å²) in [7, 11) is 1.62. The Bertz CT molecular complexity index is 863. The summed E-state index contributed by atoms with van der Waals surface area (Å²) in [6.07, 6.45) is 2.01. The average Bonchev–Trinajstić information content (AvgIpc) is 2.69. The largest absolute Gasteiger partial charge is 0.467 e. The second-order valence-corrected chi connectivity index (χ2v) is 10.5. The molecule has 2 N–H and O–H groups in total. The van der Waals surface area contributed by atoms with E-state index >= 15 is 0 Å². The second-order valence-electron chi connectivity index (χ2n) is 9.61. The Kier molecular flexibility index (Phi) is 8.43. The maximum Gasteiger partial charge on any atom is 0.319 e. The highest BCUT2D eigenvalue weighted by Crippen LogP contribution is 2.40. The maximum absolute atomic E-state index is 12.5. The minimum absolute atomic E-state index is 0.125. The second kappa shape index (κ2) is 10.4. The molecular weight excluding hydrogens is 408 g/mol. The van der Waals surface area contributed by atoms with Gasteiger partial charge in [-0.15, -0.1) is 11.8 Å². The topological polar surface area (TPSA) is 59.6 Å². The van der Waals surface area contributed by atoms with Gasteiger partial charge in [0.15, 0.2) is 6.79 Å². The van der Waals surface area contributed by atoms with Gasteiger partial charge in [-0.1, -0.05) is 47.6 Å². The molecule has 2 rings (SSSR count). The lowest BCUT2D eigenvalue weighted by molar-refractivity contribution is 0.0484. The van der Waals surface area contributed by atoms with Crippen LogP contribution in [0.4, 0.5) is 10.5 Å². The van der Waals surface area contributed by atoms with E-state index in [2.05, 4.69) is 64.3 Å². The molecule has 0 unspecified atom stereocenters. The van der Waals surface area contributed by atoms with Gasteiger partial charge in [0.05, 0.1) is 0 Å². The minimum Gasteiger partial charge on any atom is -0.467 e. The molecule has 0 spiro atoms. The van der Waals surface area contributed by atoms with E-state index in [-0.39, 0.29) is 23.7 Å². The van der Waals surface area contributed by atoms with Crippen LogP contribution in [0.15, 0.2) is 41.3 Å². The van der Waals surface area contributed by atoms with E-state index in [9.17, 15) is 4.79 Å². The molecule has 0 saturated carbocycles. The van der Waals surface area contributed by atoms with Gasteiger partial charge in [-0.25, -0.2) is 4.79 Å². The lowest BCUT2D eigenvalue weighted by Crippen LogP contribution is -2.29. The molecule has 31 heavy (non-hydrogen) atoms. The summed E-state index contributed by atoms with van der Waals surface area (Å²) in [6.45, 7) is 13.6. The molecule has 0 radical (unpaired) electrons. The number of thioether (sulfide) groups is 1. The van der Waals surface area contributed by atoms with Crippen molar-refractivity contribution >= 4 is 23.5 Å². The lowest BCUT2D eigenvalue weighted by atomic mass is 9.78. The van der Waals surface area contributed by atoms with Crippen molar-refractivity contribution in [2.75, 3.05) is 25.5 Å². The number of benzene rings is 2. The van der Waals surface area contributed by atoms with Crippen LogP contribution in [-0.4, -0.2) is 26.2 Å². The Morgan fingerprint density at radius 1 is 1.00 bits per heavy atom. The number of nitrogens with one attached hydrogen (secondary N) is 2. The van der Waals surface area contributed by atoms with Gasteiger partial charge < -0.3 is 20.1 Å².